The molecule has 0 aliphatic carbocycles. The fourth-order valence-corrected chi connectivity index (χ4v) is 3.98. The molecule has 1 saturated heterocycles. The number of unbranched alkanes of at least 4 members (excludes halogenated alkanes) is 1. The van der Waals surface area contributed by atoms with E-state index >= 15 is 0 Å². The number of benzene rings is 2. The lowest BCUT2D eigenvalue weighted by Crippen LogP contribution is -2.30. The summed E-state index contributed by atoms with van der Waals surface area (Å²) in [6.07, 6.45) is 8.07. The Labute approximate surface area is 172 Å². The first-order valence-corrected chi connectivity index (χ1v) is 10.7. The first-order valence-electron chi connectivity index (χ1n) is 10.7. The van der Waals surface area contributed by atoms with Gasteiger partial charge in [-0.05, 0) is 81.2 Å². The Morgan fingerprint density at radius 1 is 1.03 bits per heavy atom. The van der Waals surface area contributed by atoms with E-state index in [0.717, 1.165) is 35.7 Å². The maximum absolute atomic E-state index is 12.2. The molecule has 2 aromatic rings. The molecule has 1 amide bonds. The number of aliphatic imine (C=N–C) groups is 1. The molecule has 5 nitrogen and oxygen atoms in total. The highest BCUT2D eigenvalue weighted by molar-refractivity contribution is 6.12. The van der Waals surface area contributed by atoms with E-state index in [0.29, 0.717) is 0 Å². The summed E-state index contributed by atoms with van der Waals surface area (Å²) in [5.41, 5.74) is 2.67. The Bertz CT molecular complexity index is 841. The third-order valence-corrected chi connectivity index (χ3v) is 5.63. The highest BCUT2D eigenvalue weighted by atomic mass is 16.5. The van der Waals surface area contributed by atoms with Crippen LogP contribution in [0.25, 0.3) is 0 Å². The van der Waals surface area contributed by atoms with Crippen molar-refractivity contribution in [1.29, 1.82) is 0 Å². The minimum atomic E-state index is -0.331. The van der Waals surface area contributed by atoms with Crippen LogP contribution < -0.4 is 10.1 Å². The van der Waals surface area contributed by atoms with Gasteiger partial charge in [0.2, 0.25) is 5.91 Å². The van der Waals surface area contributed by atoms with E-state index in [1.807, 2.05) is 48.5 Å². The van der Waals surface area contributed by atoms with Crippen LogP contribution in [0.15, 0.2) is 53.5 Å². The number of amides is 1. The summed E-state index contributed by atoms with van der Waals surface area (Å²) in [5.74, 6) is 0.507. The maximum atomic E-state index is 12.2. The van der Waals surface area contributed by atoms with E-state index in [9.17, 15) is 4.79 Å². The van der Waals surface area contributed by atoms with Crippen molar-refractivity contribution in [1.82, 2.24) is 4.90 Å². The topological polar surface area (TPSA) is 53.9 Å². The van der Waals surface area contributed by atoms with Crippen molar-refractivity contribution in [3.8, 4) is 5.75 Å². The van der Waals surface area contributed by atoms with Gasteiger partial charge in [-0.25, -0.2) is 0 Å². The zero-order valence-corrected chi connectivity index (χ0v) is 16.8. The molecule has 2 aliphatic heterocycles. The number of hydrogen-bond donors (Lipinski definition) is 1. The van der Waals surface area contributed by atoms with Gasteiger partial charge in [-0.2, -0.15) is 0 Å². The minimum Gasteiger partial charge on any atom is -0.494 e. The molecule has 1 unspecified atom stereocenters. The number of nitrogens with zero attached hydrogens (tertiary/aromatic N) is 2. The number of likely N-dealkylation sites (tertiary alicyclic amines) is 1. The van der Waals surface area contributed by atoms with E-state index in [1.54, 1.807) is 6.21 Å². The van der Waals surface area contributed by atoms with Crippen LogP contribution in [-0.2, 0) is 4.79 Å². The van der Waals surface area contributed by atoms with Gasteiger partial charge in [0.05, 0.1) is 12.3 Å². The number of rotatable bonds is 8. The van der Waals surface area contributed by atoms with Gasteiger partial charge < -0.3 is 15.0 Å². The van der Waals surface area contributed by atoms with Crippen LogP contribution in [0.3, 0.4) is 0 Å². The van der Waals surface area contributed by atoms with Gasteiger partial charge in [0.1, 0.15) is 11.7 Å². The van der Waals surface area contributed by atoms with Gasteiger partial charge in [-0.3, -0.25) is 9.79 Å². The quantitative estimate of drug-likeness (QED) is 0.521. The molecule has 5 heteroatoms. The maximum Gasteiger partial charge on any atom is 0.237 e. The Morgan fingerprint density at radius 2 is 1.83 bits per heavy atom. The average Bonchev–Trinajstić information content (AvgIpc) is 3.08. The molecule has 152 valence electrons. The van der Waals surface area contributed by atoms with Gasteiger partial charge in [0.25, 0.3) is 0 Å². The van der Waals surface area contributed by atoms with Crippen LogP contribution >= 0.6 is 0 Å². The highest BCUT2D eigenvalue weighted by Gasteiger charge is 2.28. The van der Waals surface area contributed by atoms with Crippen molar-refractivity contribution in [2.75, 3.05) is 31.6 Å². The van der Waals surface area contributed by atoms with Crippen LogP contribution in [0.5, 0.6) is 5.75 Å². The van der Waals surface area contributed by atoms with Crippen molar-refractivity contribution in [3.05, 3.63) is 54.1 Å². The number of hydrogen-bond acceptors (Lipinski definition) is 4. The molecule has 2 aliphatic rings. The van der Waals surface area contributed by atoms with E-state index < -0.39 is 0 Å². The lowest BCUT2D eigenvalue weighted by Gasteiger charge is -2.26. The summed E-state index contributed by atoms with van der Waals surface area (Å²) in [6.45, 7) is 4.46. The van der Waals surface area contributed by atoms with Gasteiger partial charge in [-0.15, -0.1) is 0 Å². The molecule has 2 heterocycles. The molecule has 0 saturated carbocycles. The van der Waals surface area contributed by atoms with Gasteiger partial charge >= 0.3 is 0 Å². The highest BCUT2D eigenvalue weighted by Crippen LogP contribution is 2.31. The standard InChI is InChI=1S/C24H29N3O2/c28-24-22(21-8-2-3-9-23(21)26-24)18-25-19-10-12-20(13-11-19)29-17-7-6-16-27-14-4-1-5-15-27/h2-3,8-13,18,22H,1,4-7,14-17H2,(H,26,28). The van der Waals surface area contributed by atoms with Gasteiger partial charge in [0.15, 0.2) is 0 Å². The molecule has 0 bridgehead atoms. The zero-order valence-electron chi connectivity index (χ0n) is 16.8. The van der Waals surface area contributed by atoms with Crippen LogP contribution in [0.4, 0.5) is 11.4 Å². The summed E-state index contributed by atoms with van der Waals surface area (Å²) in [4.78, 5) is 19.2. The summed E-state index contributed by atoms with van der Waals surface area (Å²) in [7, 11) is 0. The van der Waals surface area contributed by atoms with E-state index in [-0.39, 0.29) is 11.8 Å². The minimum absolute atomic E-state index is 0.0283. The van der Waals surface area contributed by atoms with Crippen molar-refractivity contribution in [2.24, 2.45) is 4.99 Å². The third-order valence-electron chi connectivity index (χ3n) is 5.63. The van der Waals surface area contributed by atoms with Crippen molar-refractivity contribution in [3.63, 3.8) is 0 Å². The summed E-state index contributed by atoms with van der Waals surface area (Å²) < 4.78 is 5.86. The number of carbonyl (C=O) groups excluding carboxylic acids is 1. The number of ether oxygens (including phenoxy) is 1. The van der Waals surface area contributed by atoms with Gasteiger partial charge in [-0.1, -0.05) is 24.6 Å². The molecule has 4 rings (SSSR count). The van der Waals surface area contributed by atoms with Crippen molar-refractivity contribution in [2.45, 2.75) is 38.0 Å². The molecule has 1 fully saturated rings. The molecule has 1 N–H and O–H groups in total. The first-order chi connectivity index (χ1) is 14.3. The largest absolute Gasteiger partial charge is 0.494 e. The first kappa shape index (κ1) is 19.6. The second kappa shape index (κ2) is 9.70. The monoisotopic (exact) mass is 391 g/mol. The molecular weight excluding hydrogens is 362 g/mol. The van der Waals surface area contributed by atoms with Crippen LogP contribution in [0.1, 0.15) is 43.6 Å². The Balaban J connectivity index is 1.22. The summed E-state index contributed by atoms with van der Waals surface area (Å²) in [6, 6.07) is 15.5. The number of carbonyl (C=O) groups is 1. The number of nitrogens with one attached hydrogen (secondary N) is 1. The predicted octanol–water partition coefficient (Wildman–Crippen LogP) is 4.77. The molecule has 0 radical (unpaired) electrons. The molecule has 2 aromatic carbocycles. The summed E-state index contributed by atoms with van der Waals surface area (Å²) in [5, 5.41) is 2.89. The Hall–Kier alpha value is -2.66. The SMILES string of the molecule is O=C1Nc2ccccc2C1C=Nc1ccc(OCCCCN2CCCCC2)cc1. The van der Waals surface area contributed by atoms with E-state index in [4.69, 9.17) is 4.74 Å². The summed E-state index contributed by atoms with van der Waals surface area (Å²) >= 11 is 0. The molecular formula is C24H29N3O2. The third kappa shape index (κ3) is 5.24. The van der Waals surface area contributed by atoms with Crippen LogP contribution in [-0.4, -0.2) is 43.3 Å². The molecule has 29 heavy (non-hydrogen) atoms. The molecule has 0 spiro atoms. The van der Waals surface area contributed by atoms with Gasteiger partial charge in [0, 0.05) is 11.9 Å². The molecule has 1 atom stereocenters. The smallest absolute Gasteiger partial charge is 0.237 e. The Kier molecular flexibility index (Phi) is 6.57. The molecule has 0 aromatic heterocycles. The number of fused-ring (bicyclic) bond motifs is 1. The number of para-hydroxylation sites is 1. The lowest BCUT2D eigenvalue weighted by atomic mass is 10.0. The normalized spacial score (nSPS) is 19.3. The van der Waals surface area contributed by atoms with Crippen LogP contribution in [0.2, 0.25) is 0 Å². The lowest BCUT2D eigenvalue weighted by molar-refractivity contribution is -0.115. The van der Waals surface area contributed by atoms with Crippen molar-refractivity contribution >= 4 is 23.5 Å². The van der Waals surface area contributed by atoms with E-state index in [1.165, 1.54) is 45.3 Å². The second-order valence-corrected chi connectivity index (χ2v) is 7.78. The predicted molar refractivity (Wildman–Crippen MR) is 117 cm³/mol. The number of piperidine rings is 1. The Morgan fingerprint density at radius 3 is 2.66 bits per heavy atom. The average molecular weight is 392 g/mol. The zero-order chi connectivity index (χ0) is 19.9. The van der Waals surface area contributed by atoms with E-state index in [2.05, 4.69) is 15.2 Å². The number of anilines is 1. The van der Waals surface area contributed by atoms with Crippen molar-refractivity contribution < 1.29 is 9.53 Å². The van der Waals surface area contributed by atoms with Crippen LogP contribution in [0, 0.1) is 0 Å². The second-order valence-electron chi connectivity index (χ2n) is 7.78. The fraction of sp³-hybridized carbons (Fsp3) is 0.417. The fourth-order valence-electron chi connectivity index (χ4n) is 3.98.